The standard InChI is InChI=1S/C21H23N5O3S/c1-13-10-24(11-14(2)29-13)18(27)8-16-12-30-21-23-19-17(20(28)25(16)21)9-22-26(19)15-6-4-3-5-7-15/h3-7,9,13-14,16H,8,10-12H2,1-2H3/t13-,14-,16+/m0/s1. The normalized spacial score (nSPS) is 23.7. The highest BCUT2D eigenvalue weighted by atomic mass is 32.2. The van der Waals surface area contributed by atoms with Gasteiger partial charge in [0.1, 0.15) is 5.39 Å². The summed E-state index contributed by atoms with van der Waals surface area (Å²) < 4.78 is 9.09. The molecule has 1 amide bonds. The van der Waals surface area contributed by atoms with Crippen LogP contribution in [0, 0.1) is 0 Å². The lowest BCUT2D eigenvalue weighted by Crippen LogP contribution is -2.48. The van der Waals surface area contributed by atoms with Crippen LogP contribution in [0.1, 0.15) is 26.3 Å². The zero-order chi connectivity index (χ0) is 20.8. The molecule has 0 N–H and O–H groups in total. The average molecular weight is 426 g/mol. The van der Waals surface area contributed by atoms with E-state index < -0.39 is 0 Å². The van der Waals surface area contributed by atoms with Gasteiger partial charge in [-0.25, -0.2) is 9.67 Å². The molecule has 30 heavy (non-hydrogen) atoms. The van der Waals surface area contributed by atoms with E-state index in [0.717, 1.165) is 5.69 Å². The Labute approximate surface area is 177 Å². The number of fused-ring (bicyclic) bond motifs is 2. The van der Waals surface area contributed by atoms with Crippen LogP contribution in [0.4, 0.5) is 0 Å². The van der Waals surface area contributed by atoms with E-state index in [2.05, 4.69) is 5.10 Å². The molecule has 0 saturated carbocycles. The number of carbonyl (C=O) groups is 1. The second kappa shape index (κ2) is 7.55. The van der Waals surface area contributed by atoms with Crippen molar-refractivity contribution in [2.75, 3.05) is 18.8 Å². The maximum Gasteiger partial charge on any atom is 0.265 e. The predicted molar refractivity (Wildman–Crippen MR) is 114 cm³/mol. The van der Waals surface area contributed by atoms with Crippen molar-refractivity contribution < 1.29 is 9.53 Å². The fourth-order valence-electron chi connectivity index (χ4n) is 4.25. The lowest BCUT2D eigenvalue weighted by Gasteiger charge is -2.35. The van der Waals surface area contributed by atoms with Crippen LogP contribution in [0.2, 0.25) is 0 Å². The SMILES string of the molecule is C[C@H]1CN(C(=O)C[C@@H]2CSc3nc4c(cnn4-c4ccccc4)c(=O)n32)C[C@H](C)O1. The Morgan fingerprint density at radius 3 is 2.67 bits per heavy atom. The molecular formula is C21H23N5O3S. The zero-order valence-corrected chi connectivity index (χ0v) is 17.7. The van der Waals surface area contributed by atoms with Gasteiger partial charge in [0.05, 0.1) is 30.1 Å². The van der Waals surface area contributed by atoms with Gasteiger partial charge in [0.15, 0.2) is 10.8 Å². The molecule has 3 atom stereocenters. The van der Waals surface area contributed by atoms with E-state index in [-0.39, 0.29) is 29.7 Å². The summed E-state index contributed by atoms with van der Waals surface area (Å²) in [5.74, 6) is 0.719. The average Bonchev–Trinajstić information content (AvgIpc) is 3.33. The molecule has 8 nitrogen and oxygen atoms in total. The van der Waals surface area contributed by atoms with Gasteiger partial charge in [-0.3, -0.25) is 14.2 Å². The quantitative estimate of drug-likeness (QED) is 0.599. The minimum atomic E-state index is -0.199. The van der Waals surface area contributed by atoms with E-state index in [1.807, 2.05) is 49.1 Å². The molecule has 1 saturated heterocycles. The minimum absolute atomic E-state index is 0.0239. The number of ether oxygens (including phenoxy) is 1. The van der Waals surface area contributed by atoms with Gasteiger partial charge in [-0.1, -0.05) is 30.0 Å². The number of thioether (sulfide) groups is 1. The summed E-state index contributed by atoms with van der Waals surface area (Å²) in [5.41, 5.74) is 1.27. The van der Waals surface area contributed by atoms with Gasteiger partial charge in [-0.2, -0.15) is 5.10 Å². The van der Waals surface area contributed by atoms with E-state index in [1.165, 1.54) is 11.8 Å². The van der Waals surface area contributed by atoms with Crippen molar-refractivity contribution in [2.45, 2.75) is 43.7 Å². The molecule has 0 bridgehead atoms. The van der Waals surface area contributed by atoms with Gasteiger partial charge in [-0.05, 0) is 26.0 Å². The molecule has 9 heteroatoms. The first kappa shape index (κ1) is 19.3. The highest BCUT2D eigenvalue weighted by Crippen LogP contribution is 2.34. The summed E-state index contributed by atoms with van der Waals surface area (Å²) in [6, 6.07) is 9.44. The van der Waals surface area contributed by atoms with E-state index in [9.17, 15) is 9.59 Å². The van der Waals surface area contributed by atoms with Crippen molar-refractivity contribution in [3.05, 3.63) is 46.9 Å². The largest absolute Gasteiger partial charge is 0.372 e. The van der Waals surface area contributed by atoms with Crippen LogP contribution < -0.4 is 5.56 Å². The minimum Gasteiger partial charge on any atom is -0.372 e. The van der Waals surface area contributed by atoms with Crippen LogP contribution in [0.25, 0.3) is 16.7 Å². The number of morpholine rings is 1. The first-order chi connectivity index (χ1) is 14.5. The third-order valence-corrected chi connectivity index (χ3v) is 6.65. The molecule has 2 aliphatic rings. The van der Waals surface area contributed by atoms with Crippen molar-refractivity contribution >= 4 is 28.7 Å². The van der Waals surface area contributed by atoms with Crippen molar-refractivity contribution in [1.82, 2.24) is 24.2 Å². The molecule has 156 valence electrons. The topological polar surface area (TPSA) is 82.3 Å². The summed E-state index contributed by atoms with van der Waals surface area (Å²) in [4.78, 5) is 32.8. The molecule has 0 aliphatic carbocycles. The maximum absolute atomic E-state index is 13.2. The molecule has 0 radical (unpaired) electrons. The lowest BCUT2D eigenvalue weighted by molar-refractivity contribution is -0.143. The number of hydrogen-bond donors (Lipinski definition) is 0. The van der Waals surface area contributed by atoms with Crippen LogP contribution in [-0.2, 0) is 9.53 Å². The van der Waals surface area contributed by atoms with Gasteiger partial charge in [0, 0.05) is 25.3 Å². The van der Waals surface area contributed by atoms with Crippen LogP contribution in [0.5, 0.6) is 0 Å². The number of aromatic nitrogens is 4. The number of carbonyl (C=O) groups excluding carboxylic acids is 1. The molecule has 3 aromatic rings. The molecule has 4 heterocycles. The summed E-state index contributed by atoms with van der Waals surface area (Å²) in [7, 11) is 0. The summed E-state index contributed by atoms with van der Waals surface area (Å²) in [5, 5.41) is 5.50. The Bertz CT molecular complexity index is 1150. The number of hydrogen-bond acceptors (Lipinski definition) is 6. The first-order valence-electron chi connectivity index (χ1n) is 10.1. The van der Waals surface area contributed by atoms with E-state index in [0.29, 0.717) is 41.5 Å². The molecule has 5 rings (SSSR count). The highest BCUT2D eigenvalue weighted by molar-refractivity contribution is 7.99. The molecular weight excluding hydrogens is 402 g/mol. The Morgan fingerprint density at radius 1 is 1.20 bits per heavy atom. The molecule has 1 fully saturated rings. The van der Waals surface area contributed by atoms with Gasteiger partial charge in [0.2, 0.25) is 5.91 Å². The molecule has 0 unspecified atom stereocenters. The number of rotatable bonds is 3. The van der Waals surface area contributed by atoms with Crippen molar-refractivity contribution in [3.63, 3.8) is 0 Å². The van der Waals surface area contributed by atoms with E-state index >= 15 is 0 Å². The molecule has 2 aliphatic heterocycles. The number of amides is 1. The smallest absolute Gasteiger partial charge is 0.265 e. The zero-order valence-electron chi connectivity index (χ0n) is 16.9. The predicted octanol–water partition coefficient (Wildman–Crippen LogP) is 2.25. The van der Waals surface area contributed by atoms with Crippen LogP contribution in [-0.4, -0.2) is 61.2 Å². The van der Waals surface area contributed by atoms with E-state index in [1.54, 1.807) is 15.4 Å². The highest BCUT2D eigenvalue weighted by Gasteiger charge is 2.33. The fourth-order valence-corrected chi connectivity index (χ4v) is 5.38. The maximum atomic E-state index is 13.2. The third kappa shape index (κ3) is 3.31. The van der Waals surface area contributed by atoms with Crippen molar-refractivity contribution in [1.29, 1.82) is 0 Å². The molecule has 1 aromatic carbocycles. The van der Waals surface area contributed by atoms with Crippen LogP contribution in [0.3, 0.4) is 0 Å². The van der Waals surface area contributed by atoms with E-state index in [4.69, 9.17) is 9.72 Å². The van der Waals surface area contributed by atoms with Gasteiger partial charge in [0.25, 0.3) is 5.56 Å². The monoisotopic (exact) mass is 425 g/mol. The van der Waals surface area contributed by atoms with Gasteiger partial charge >= 0.3 is 0 Å². The second-order valence-corrected chi connectivity index (χ2v) is 8.91. The second-order valence-electron chi connectivity index (χ2n) is 7.92. The Morgan fingerprint density at radius 2 is 1.93 bits per heavy atom. The summed E-state index contributed by atoms with van der Waals surface area (Å²) >= 11 is 1.52. The van der Waals surface area contributed by atoms with Crippen LogP contribution >= 0.6 is 11.8 Å². The molecule has 2 aromatic heterocycles. The van der Waals surface area contributed by atoms with Gasteiger partial charge in [-0.15, -0.1) is 0 Å². The lowest BCUT2D eigenvalue weighted by atomic mass is 10.1. The fraction of sp³-hybridized carbons (Fsp3) is 0.429. The summed E-state index contributed by atoms with van der Waals surface area (Å²) in [6.07, 6.45) is 1.91. The first-order valence-corrected chi connectivity index (χ1v) is 11.1. The van der Waals surface area contributed by atoms with Crippen LogP contribution in [0.15, 0.2) is 46.5 Å². The summed E-state index contributed by atoms with van der Waals surface area (Å²) in [6.45, 7) is 5.14. The number of benzene rings is 1. The number of para-hydroxylation sites is 1. The van der Waals surface area contributed by atoms with Crippen molar-refractivity contribution in [3.8, 4) is 5.69 Å². The number of nitrogens with zero attached hydrogens (tertiary/aromatic N) is 5. The molecule has 0 spiro atoms. The Hall–Kier alpha value is -2.65. The van der Waals surface area contributed by atoms with Gasteiger partial charge < -0.3 is 9.64 Å². The third-order valence-electron chi connectivity index (χ3n) is 5.55. The van der Waals surface area contributed by atoms with Crippen molar-refractivity contribution in [2.24, 2.45) is 0 Å². The Kier molecular flexibility index (Phi) is 4.86. The Balaban J connectivity index is 1.45.